The minimum absolute atomic E-state index is 0.0958. The van der Waals surface area contributed by atoms with E-state index >= 15 is 0 Å². The topological polar surface area (TPSA) is 35.2 Å². The molecule has 20 heavy (non-hydrogen) atoms. The van der Waals surface area contributed by atoms with Gasteiger partial charge in [-0.05, 0) is 53.6 Å². The molecule has 1 unspecified atom stereocenters. The predicted octanol–water partition coefficient (Wildman–Crippen LogP) is 4.16. The molecule has 0 bridgehead atoms. The summed E-state index contributed by atoms with van der Waals surface area (Å²) in [6.07, 6.45) is 0. The molecule has 2 aromatic carbocycles. The lowest BCUT2D eigenvalue weighted by atomic mass is 9.96. The summed E-state index contributed by atoms with van der Waals surface area (Å²) in [5.41, 5.74) is 9.82. The van der Waals surface area contributed by atoms with Gasteiger partial charge in [0.15, 0.2) is 0 Å². The smallest absolute Gasteiger partial charge is 0.119 e. The number of ether oxygens (including phenoxy) is 1. The molecule has 0 aliphatic rings. The third-order valence-electron chi connectivity index (χ3n) is 3.36. The number of methoxy groups -OCH3 is 1. The second kappa shape index (κ2) is 6.82. The fourth-order valence-corrected chi connectivity index (χ4v) is 2.90. The van der Waals surface area contributed by atoms with Crippen LogP contribution in [0.3, 0.4) is 0 Å². The minimum Gasteiger partial charge on any atom is -0.497 e. The molecule has 0 saturated heterocycles. The van der Waals surface area contributed by atoms with Crippen molar-refractivity contribution < 1.29 is 4.74 Å². The molecule has 0 amide bonds. The maximum atomic E-state index is 6.39. The molecule has 2 N–H and O–H groups in total. The SMILES string of the molecule is CCSc1ccc(C(N)c2ccc(OC)cc2C)cc1. The summed E-state index contributed by atoms with van der Waals surface area (Å²) in [5, 5.41) is 0. The summed E-state index contributed by atoms with van der Waals surface area (Å²) >= 11 is 1.84. The van der Waals surface area contributed by atoms with Gasteiger partial charge in [0, 0.05) is 4.90 Å². The van der Waals surface area contributed by atoms with E-state index in [0.717, 1.165) is 28.2 Å². The van der Waals surface area contributed by atoms with Crippen molar-refractivity contribution in [1.82, 2.24) is 0 Å². The molecule has 0 radical (unpaired) electrons. The van der Waals surface area contributed by atoms with Crippen LogP contribution in [-0.4, -0.2) is 12.9 Å². The summed E-state index contributed by atoms with van der Waals surface area (Å²) in [6, 6.07) is 14.5. The zero-order valence-electron chi connectivity index (χ0n) is 12.2. The second-order valence-corrected chi connectivity index (χ2v) is 6.04. The highest BCUT2D eigenvalue weighted by Gasteiger charge is 2.12. The van der Waals surface area contributed by atoms with Crippen LogP contribution in [0, 0.1) is 6.92 Å². The van der Waals surface area contributed by atoms with Crippen molar-refractivity contribution in [2.24, 2.45) is 5.73 Å². The predicted molar refractivity (Wildman–Crippen MR) is 86.6 cm³/mol. The molecule has 0 saturated carbocycles. The van der Waals surface area contributed by atoms with Crippen LogP contribution >= 0.6 is 11.8 Å². The highest BCUT2D eigenvalue weighted by molar-refractivity contribution is 7.99. The number of nitrogens with two attached hydrogens (primary N) is 1. The largest absolute Gasteiger partial charge is 0.497 e. The number of thioether (sulfide) groups is 1. The molecule has 0 heterocycles. The number of benzene rings is 2. The van der Waals surface area contributed by atoms with Crippen molar-refractivity contribution in [2.45, 2.75) is 24.8 Å². The van der Waals surface area contributed by atoms with Crippen molar-refractivity contribution in [2.75, 3.05) is 12.9 Å². The van der Waals surface area contributed by atoms with Crippen molar-refractivity contribution in [3.63, 3.8) is 0 Å². The maximum Gasteiger partial charge on any atom is 0.119 e. The number of aryl methyl sites for hydroxylation is 1. The Morgan fingerprint density at radius 3 is 2.40 bits per heavy atom. The van der Waals surface area contributed by atoms with Gasteiger partial charge < -0.3 is 10.5 Å². The summed E-state index contributed by atoms with van der Waals surface area (Å²) in [7, 11) is 1.68. The molecule has 0 aromatic heterocycles. The lowest BCUT2D eigenvalue weighted by molar-refractivity contribution is 0.414. The lowest BCUT2D eigenvalue weighted by Gasteiger charge is -2.16. The summed E-state index contributed by atoms with van der Waals surface area (Å²) in [5.74, 6) is 1.95. The fourth-order valence-electron chi connectivity index (χ4n) is 2.24. The van der Waals surface area contributed by atoms with E-state index in [1.807, 2.05) is 30.0 Å². The van der Waals surface area contributed by atoms with Gasteiger partial charge in [-0.25, -0.2) is 0 Å². The molecule has 106 valence electrons. The Morgan fingerprint density at radius 2 is 1.85 bits per heavy atom. The Hall–Kier alpha value is -1.45. The second-order valence-electron chi connectivity index (χ2n) is 4.70. The van der Waals surface area contributed by atoms with Gasteiger partial charge in [-0.2, -0.15) is 0 Å². The molecule has 2 rings (SSSR count). The molecular formula is C17H21NOS. The van der Waals surface area contributed by atoms with Crippen LogP contribution in [0.15, 0.2) is 47.4 Å². The third kappa shape index (κ3) is 3.35. The Morgan fingerprint density at radius 1 is 1.15 bits per heavy atom. The van der Waals surface area contributed by atoms with Gasteiger partial charge in [-0.3, -0.25) is 0 Å². The first-order valence-corrected chi connectivity index (χ1v) is 7.77. The highest BCUT2D eigenvalue weighted by Crippen LogP contribution is 2.27. The zero-order chi connectivity index (χ0) is 14.5. The van der Waals surface area contributed by atoms with Gasteiger partial charge in [0.05, 0.1) is 13.2 Å². The Kier molecular flexibility index (Phi) is 5.10. The highest BCUT2D eigenvalue weighted by atomic mass is 32.2. The van der Waals surface area contributed by atoms with Crippen LogP contribution in [-0.2, 0) is 0 Å². The number of hydrogen-bond donors (Lipinski definition) is 1. The molecule has 0 aliphatic heterocycles. The molecule has 0 aliphatic carbocycles. The van der Waals surface area contributed by atoms with Gasteiger partial charge in [0.25, 0.3) is 0 Å². The monoisotopic (exact) mass is 287 g/mol. The quantitative estimate of drug-likeness (QED) is 0.839. The standard InChI is InChI=1S/C17H21NOS/c1-4-20-15-8-5-13(6-9-15)17(18)16-10-7-14(19-3)11-12(16)2/h5-11,17H,4,18H2,1-3H3. The molecule has 2 nitrogen and oxygen atoms in total. The molecule has 0 spiro atoms. The van der Waals surface area contributed by atoms with Crippen LogP contribution in [0.1, 0.15) is 29.7 Å². The molecule has 2 aromatic rings. The van der Waals surface area contributed by atoms with Gasteiger partial charge >= 0.3 is 0 Å². The average molecular weight is 287 g/mol. The molecule has 0 fully saturated rings. The average Bonchev–Trinajstić information content (AvgIpc) is 2.47. The van der Waals surface area contributed by atoms with E-state index in [4.69, 9.17) is 10.5 Å². The van der Waals surface area contributed by atoms with Crippen LogP contribution in [0.2, 0.25) is 0 Å². The molecular weight excluding hydrogens is 266 g/mol. The Bertz CT molecular complexity index is 566. The first-order valence-electron chi connectivity index (χ1n) is 6.78. The normalized spacial score (nSPS) is 12.2. The summed E-state index contributed by atoms with van der Waals surface area (Å²) < 4.78 is 5.23. The van der Waals surface area contributed by atoms with Crippen molar-refractivity contribution >= 4 is 11.8 Å². The zero-order valence-corrected chi connectivity index (χ0v) is 13.0. The van der Waals surface area contributed by atoms with Gasteiger partial charge in [0.1, 0.15) is 5.75 Å². The van der Waals surface area contributed by atoms with E-state index in [1.165, 1.54) is 4.90 Å². The Labute approximate surface area is 125 Å². The van der Waals surface area contributed by atoms with E-state index in [-0.39, 0.29) is 6.04 Å². The first kappa shape index (κ1) is 14.9. The summed E-state index contributed by atoms with van der Waals surface area (Å²) in [6.45, 7) is 4.23. The number of rotatable bonds is 5. The van der Waals surface area contributed by atoms with Crippen molar-refractivity contribution in [3.05, 3.63) is 59.2 Å². The van der Waals surface area contributed by atoms with Crippen LogP contribution in [0.5, 0.6) is 5.75 Å². The van der Waals surface area contributed by atoms with E-state index in [2.05, 4.69) is 38.1 Å². The third-order valence-corrected chi connectivity index (χ3v) is 4.26. The van der Waals surface area contributed by atoms with Gasteiger partial charge in [-0.15, -0.1) is 11.8 Å². The maximum absolute atomic E-state index is 6.39. The first-order chi connectivity index (χ1) is 9.65. The number of hydrogen-bond acceptors (Lipinski definition) is 3. The minimum atomic E-state index is -0.0958. The van der Waals surface area contributed by atoms with Crippen LogP contribution in [0.4, 0.5) is 0 Å². The molecule has 3 heteroatoms. The van der Waals surface area contributed by atoms with Gasteiger partial charge in [-0.1, -0.05) is 25.1 Å². The fraction of sp³-hybridized carbons (Fsp3) is 0.294. The van der Waals surface area contributed by atoms with E-state index in [9.17, 15) is 0 Å². The summed E-state index contributed by atoms with van der Waals surface area (Å²) in [4.78, 5) is 1.29. The van der Waals surface area contributed by atoms with Gasteiger partial charge in [0.2, 0.25) is 0 Å². The van der Waals surface area contributed by atoms with Crippen LogP contribution < -0.4 is 10.5 Å². The van der Waals surface area contributed by atoms with E-state index in [0.29, 0.717) is 0 Å². The van der Waals surface area contributed by atoms with Crippen LogP contribution in [0.25, 0.3) is 0 Å². The van der Waals surface area contributed by atoms with Crippen molar-refractivity contribution in [3.8, 4) is 5.75 Å². The van der Waals surface area contributed by atoms with Crippen molar-refractivity contribution in [1.29, 1.82) is 0 Å². The molecule has 1 atom stereocenters. The lowest BCUT2D eigenvalue weighted by Crippen LogP contribution is -2.13. The van der Waals surface area contributed by atoms with E-state index < -0.39 is 0 Å². The Balaban J connectivity index is 2.24. The van der Waals surface area contributed by atoms with E-state index in [1.54, 1.807) is 7.11 Å².